The van der Waals surface area contributed by atoms with Gasteiger partial charge in [-0.25, -0.2) is 13.2 Å². The second-order valence-electron chi connectivity index (χ2n) is 8.19. The number of sulfonamides is 1. The molecule has 0 bridgehead atoms. The van der Waals surface area contributed by atoms with Crippen molar-refractivity contribution < 1.29 is 18.0 Å². The first-order valence-electron chi connectivity index (χ1n) is 10.9. The van der Waals surface area contributed by atoms with E-state index in [4.69, 9.17) is 0 Å². The molecule has 0 saturated carbocycles. The lowest BCUT2D eigenvalue weighted by atomic mass is 10.1. The molecule has 13 heteroatoms. The number of piperazine rings is 2. The van der Waals surface area contributed by atoms with Gasteiger partial charge in [-0.2, -0.15) is 4.31 Å². The monoisotopic (exact) mass is 490 g/mol. The second-order valence-corrected chi connectivity index (χ2v) is 10.0. The number of amides is 2. The Balaban J connectivity index is 1.51. The highest BCUT2D eigenvalue weighted by molar-refractivity contribution is 7.89. The molecular weight excluding hydrogens is 464 g/mol. The third kappa shape index (κ3) is 4.61. The lowest BCUT2D eigenvalue weighted by Gasteiger charge is -2.38. The van der Waals surface area contributed by atoms with Crippen LogP contribution in [0.25, 0.3) is 0 Å². The Bertz CT molecular complexity index is 1300. The van der Waals surface area contributed by atoms with Crippen LogP contribution in [0.1, 0.15) is 12.1 Å². The number of rotatable bonds is 5. The fourth-order valence-electron chi connectivity index (χ4n) is 4.34. The maximum atomic E-state index is 13.3. The number of carbonyl (C=O) groups is 2. The van der Waals surface area contributed by atoms with Crippen molar-refractivity contribution in [2.24, 2.45) is 0 Å². The molecule has 2 aliphatic rings. The van der Waals surface area contributed by atoms with E-state index < -0.39 is 38.1 Å². The van der Waals surface area contributed by atoms with Crippen molar-refractivity contribution in [1.82, 2.24) is 24.5 Å². The molecule has 2 aromatic rings. The van der Waals surface area contributed by atoms with Crippen molar-refractivity contribution in [3.63, 3.8) is 0 Å². The molecule has 4 rings (SSSR count). The standard InChI is InChI=1S/C21H26N6O6S/c1-14-18(20(30)24-21(31)23-14)34(32,33)27-8-7-22-19(29)16(27)13-17(28)26-11-9-25(10-12-26)15-5-3-2-4-6-15/h2-6,16H,7-13H2,1H3,(H,22,29)(H2,23,24,30,31). The number of para-hydroxylation sites is 1. The Morgan fingerprint density at radius 2 is 1.68 bits per heavy atom. The van der Waals surface area contributed by atoms with Crippen LogP contribution in [0, 0.1) is 6.92 Å². The maximum Gasteiger partial charge on any atom is 0.325 e. The second kappa shape index (κ2) is 9.43. The lowest BCUT2D eigenvalue weighted by molar-refractivity contribution is -0.137. The normalized spacial score (nSPS) is 19.7. The summed E-state index contributed by atoms with van der Waals surface area (Å²) in [7, 11) is -4.46. The maximum absolute atomic E-state index is 13.3. The summed E-state index contributed by atoms with van der Waals surface area (Å²) in [5, 5.41) is 2.59. The molecule has 3 heterocycles. The van der Waals surface area contributed by atoms with Gasteiger partial charge in [-0.1, -0.05) is 18.2 Å². The molecule has 3 N–H and O–H groups in total. The van der Waals surface area contributed by atoms with E-state index in [2.05, 4.69) is 15.2 Å². The Morgan fingerprint density at radius 1 is 1.00 bits per heavy atom. The van der Waals surface area contributed by atoms with Gasteiger partial charge in [-0.3, -0.25) is 19.4 Å². The molecule has 2 fully saturated rings. The van der Waals surface area contributed by atoms with Crippen LogP contribution in [0.5, 0.6) is 0 Å². The van der Waals surface area contributed by atoms with E-state index in [0.29, 0.717) is 26.2 Å². The summed E-state index contributed by atoms with van der Waals surface area (Å²) in [5.41, 5.74) is -0.990. The zero-order valence-corrected chi connectivity index (χ0v) is 19.4. The van der Waals surface area contributed by atoms with E-state index >= 15 is 0 Å². The van der Waals surface area contributed by atoms with Crippen LogP contribution in [0.2, 0.25) is 0 Å². The largest absolute Gasteiger partial charge is 0.368 e. The SMILES string of the molecule is Cc1[nH]c(=O)[nH]c(=O)c1S(=O)(=O)N1CCNC(=O)C1CC(=O)N1CCN(c2ccccc2)CC1. The number of anilines is 1. The molecule has 0 radical (unpaired) electrons. The minimum atomic E-state index is -4.46. The average molecular weight is 491 g/mol. The van der Waals surface area contributed by atoms with Crippen LogP contribution in [-0.2, 0) is 19.6 Å². The molecule has 1 aromatic heterocycles. The molecule has 12 nitrogen and oxygen atoms in total. The molecule has 2 saturated heterocycles. The molecular formula is C21H26N6O6S. The van der Waals surface area contributed by atoms with Crippen LogP contribution in [-0.4, -0.2) is 84.7 Å². The number of nitrogens with one attached hydrogen (secondary N) is 3. The van der Waals surface area contributed by atoms with E-state index in [1.165, 1.54) is 6.92 Å². The molecule has 0 aliphatic carbocycles. The zero-order chi connectivity index (χ0) is 24.5. The van der Waals surface area contributed by atoms with E-state index in [0.717, 1.165) is 9.99 Å². The molecule has 34 heavy (non-hydrogen) atoms. The highest BCUT2D eigenvalue weighted by Crippen LogP contribution is 2.22. The molecule has 182 valence electrons. The third-order valence-electron chi connectivity index (χ3n) is 6.04. The summed E-state index contributed by atoms with van der Waals surface area (Å²) >= 11 is 0. The van der Waals surface area contributed by atoms with Crippen molar-refractivity contribution in [2.45, 2.75) is 24.3 Å². The fourth-order valence-corrected chi connectivity index (χ4v) is 6.13. The van der Waals surface area contributed by atoms with Crippen molar-refractivity contribution >= 4 is 27.5 Å². The van der Waals surface area contributed by atoms with Crippen LogP contribution < -0.4 is 21.5 Å². The summed E-state index contributed by atoms with van der Waals surface area (Å²) in [4.78, 5) is 56.7. The number of H-pyrrole nitrogens is 2. The van der Waals surface area contributed by atoms with Crippen molar-refractivity contribution in [3.05, 3.63) is 56.9 Å². The van der Waals surface area contributed by atoms with E-state index in [1.807, 2.05) is 35.3 Å². The van der Waals surface area contributed by atoms with E-state index in [1.54, 1.807) is 4.90 Å². The highest BCUT2D eigenvalue weighted by Gasteiger charge is 2.42. The first-order valence-corrected chi connectivity index (χ1v) is 12.3. The summed E-state index contributed by atoms with van der Waals surface area (Å²) in [6.45, 7) is 3.33. The minimum absolute atomic E-state index is 0.0405. The number of aromatic nitrogens is 2. The molecule has 0 spiro atoms. The van der Waals surface area contributed by atoms with Crippen molar-refractivity contribution in [1.29, 1.82) is 0 Å². The van der Waals surface area contributed by atoms with Crippen LogP contribution in [0.15, 0.2) is 44.8 Å². The van der Waals surface area contributed by atoms with Crippen LogP contribution >= 0.6 is 0 Å². The number of carbonyl (C=O) groups excluding carboxylic acids is 2. The number of aryl methyl sites for hydroxylation is 1. The Morgan fingerprint density at radius 3 is 2.32 bits per heavy atom. The number of aromatic amines is 2. The van der Waals surface area contributed by atoms with Gasteiger partial charge in [0, 0.05) is 50.6 Å². The summed E-state index contributed by atoms with van der Waals surface area (Å²) < 4.78 is 27.5. The molecule has 1 unspecified atom stereocenters. The van der Waals surface area contributed by atoms with Gasteiger partial charge in [0.05, 0.1) is 6.42 Å². The first kappa shape index (κ1) is 23.7. The fraction of sp³-hybridized carbons (Fsp3) is 0.429. The van der Waals surface area contributed by atoms with Gasteiger partial charge in [0.1, 0.15) is 6.04 Å². The highest BCUT2D eigenvalue weighted by atomic mass is 32.2. The molecule has 2 amide bonds. The number of benzene rings is 1. The van der Waals surface area contributed by atoms with Crippen LogP contribution in [0.3, 0.4) is 0 Å². The quantitative estimate of drug-likeness (QED) is 0.465. The number of hydrogen-bond acceptors (Lipinski definition) is 7. The predicted octanol–water partition coefficient (Wildman–Crippen LogP) is -1.40. The van der Waals surface area contributed by atoms with E-state index in [9.17, 15) is 27.6 Å². The van der Waals surface area contributed by atoms with Gasteiger partial charge in [-0.15, -0.1) is 0 Å². The van der Waals surface area contributed by atoms with Gasteiger partial charge >= 0.3 is 5.69 Å². The molecule has 1 aromatic carbocycles. The minimum Gasteiger partial charge on any atom is -0.368 e. The van der Waals surface area contributed by atoms with Crippen molar-refractivity contribution in [2.75, 3.05) is 44.2 Å². The van der Waals surface area contributed by atoms with E-state index in [-0.39, 0.29) is 31.1 Å². The third-order valence-corrected chi connectivity index (χ3v) is 8.11. The smallest absolute Gasteiger partial charge is 0.325 e. The summed E-state index contributed by atoms with van der Waals surface area (Å²) in [6, 6.07) is 8.50. The van der Waals surface area contributed by atoms with Gasteiger partial charge in [0.25, 0.3) is 15.6 Å². The summed E-state index contributed by atoms with van der Waals surface area (Å²) in [5.74, 6) is -0.952. The zero-order valence-electron chi connectivity index (χ0n) is 18.6. The topological polar surface area (TPSA) is 156 Å². The predicted molar refractivity (Wildman–Crippen MR) is 123 cm³/mol. The molecule has 2 aliphatic heterocycles. The van der Waals surface area contributed by atoms with Gasteiger partial charge in [0.15, 0.2) is 4.90 Å². The van der Waals surface area contributed by atoms with Crippen LogP contribution in [0.4, 0.5) is 5.69 Å². The van der Waals surface area contributed by atoms with Gasteiger partial charge < -0.3 is 20.1 Å². The summed E-state index contributed by atoms with van der Waals surface area (Å²) in [6.07, 6.45) is -0.350. The number of nitrogens with zero attached hydrogens (tertiary/aromatic N) is 3. The average Bonchev–Trinajstić information content (AvgIpc) is 2.80. The van der Waals surface area contributed by atoms with Crippen molar-refractivity contribution in [3.8, 4) is 0 Å². The first-order chi connectivity index (χ1) is 16.2. The number of hydrogen-bond donors (Lipinski definition) is 3. The Hall–Kier alpha value is -3.45. The Labute approximate surface area is 195 Å². The van der Waals surface area contributed by atoms with Gasteiger partial charge in [0.2, 0.25) is 11.8 Å². The van der Waals surface area contributed by atoms with Gasteiger partial charge in [-0.05, 0) is 19.1 Å². The molecule has 1 atom stereocenters. The lowest BCUT2D eigenvalue weighted by Crippen LogP contribution is -2.59. The Kier molecular flexibility index (Phi) is 6.57.